The summed E-state index contributed by atoms with van der Waals surface area (Å²) in [5.74, 6) is 0.113. The van der Waals surface area contributed by atoms with Gasteiger partial charge in [0.2, 0.25) is 5.88 Å². The molecule has 0 aliphatic heterocycles. The Morgan fingerprint density at radius 2 is 1.90 bits per heavy atom. The fourth-order valence-corrected chi connectivity index (χ4v) is 2.14. The second-order valence-corrected chi connectivity index (χ2v) is 5.74. The standard InChI is InChI=1S/C16H19ClN2O2/c1-4-16(3,5-2)13-10-14(21-19-13)18-15(20)11-6-8-12(17)9-7-11/h6-10H,4-5H2,1-3H3,(H,18,20). The van der Waals surface area contributed by atoms with Gasteiger partial charge in [-0.3, -0.25) is 10.1 Å². The van der Waals surface area contributed by atoms with Gasteiger partial charge in [-0.25, -0.2) is 0 Å². The van der Waals surface area contributed by atoms with Crippen LogP contribution in [-0.4, -0.2) is 11.1 Å². The number of halogens is 1. The van der Waals surface area contributed by atoms with Crippen LogP contribution in [0, 0.1) is 0 Å². The van der Waals surface area contributed by atoms with Crippen LogP contribution in [0.15, 0.2) is 34.9 Å². The van der Waals surface area contributed by atoms with Crippen molar-refractivity contribution in [1.29, 1.82) is 0 Å². The summed E-state index contributed by atoms with van der Waals surface area (Å²) < 4.78 is 5.22. The van der Waals surface area contributed by atoms with Crippen LogP contribution in [0.5, 0.6) is 0 Å². The number of benzene rings is 1. The Morgan fingerprint density at radius 1 is 1.29 bits per heavy atom. The van der Waals surface area contributed by atoms with Gasteiger partial charge in [-0.1, -0.05) is 37.5 Å². The minimum atomic E-state index is -0.246. The van der Waals surface area contributed by atoms with E-state index < -0.39 is 0 Å². The molecule has 0 fully saturated rings. The first-order chi connectivity index (χ1) is 9.98. The van der Waals surface area contributed by atoms with E-state index in [9.17, 15) is 4.79 Å². The number of hydrogen-bond donors (Lipinski definition) is 1. The molecule has 1 aromatic heterocycles. The number of carbonyl (C=O) groups excluding carboxylic acids is 1. The highest BCUT2D eigenvalue weighted by atomic mass is 35.5. The first-order valence-corrected chi connectivity index (χ1v) is 7.40. The van der Waals surface area contributed by atoms with Crippen LogP contribution < -0.4 is 5.32 Å². The van der Waals surface area contributed by atoms with Crippen LogP contribution >= 0.6 is 11.6 Å². The van der Waals surface area contributed by atoms with Crippen LogP contribution in [0.1, 0.15) is 49.7 Å². The fourth-order valence-electron chi connectivity index (χ4n) is 2.02. The zero-order chi connectivity index (χ0) is 15.5. The molecule has 5 heteroatoms. The smallest absolute Gasteiger partial charge is 0.258 e. The molecule has 4 nitrogen and oxygen atoms in total. The Balaban J connectivity index is 2.12. The van der Waals surface area contributed by atoms with Gasteiger partial charge in [0.05, 0.1) is 5.69 Å². The molecule has 0 spiro atoms. The van der Waals surface area contributed by atoms with Crippen molar-refractivity contribution < 1.29 is 9.32 Å². The SMILES string of the molecule is CCC(C)(CC)c1cc(NC(=O)c2ccc(Cl)cc2)on1. The van der Waals surface area contributed by atoms with E-state index in [1.807, 2.05) is 0 Å². The Kier molecular flexibility index (Phi) is 4.68. The van der Waals surface area contributed by atoms with E-state index in [0.29, 0.717) is 16.5 Å². The lowest BCUT2D eigenvalue weighted by Gasteiger charge is -2.22. The van der Waals surface area contributed by atoms with Gasteiger partial charge in [0.15, 0.2) is 0 Å². The van der Waals surface area contributed by atoms with Gasteiger partial charge in [0, 0.05) is 22.1 Å². The maximum absolute atomic E-state index is 12.1. The predicted molar refractivity (Wildman–Crippen MR) is 83.8 cm³/mol. The van der Waals surface area contributed by atoms with Crippen molar-refractivity contribution in [3.05, 3.63) is 46.6 Å². The highest BCUT2D eigenvalue weighted by molar-refractivity contribution is 6.30. The van der Waals surface area contributed by atoms with E-state index in [4.69, 9.17) is 16.1 Å². The molecule has 0 bridgehead atoms. The van der Waals surface area contributed by atoms with Crippen molar-refractivity contribution in [2.75, 3.05) is 5.32 Å². The molecule has 0 saturated heterocycles. The minimum absolute atomic E-state index is 0.0350. The average molecular weight is 307 g/mol. The molecular formula is C16H19ClN2O2. The van der Waals surface area contributed by atoms with Crippen molar-refractivity contribution in [2.45, 2.75) is 39.0 Å². The van der Waals surface area contributed by atoms with Crippen LogP contribution in [-0.2, 0) is 5.41 Å². The summed E-state index contributed by atoms with van der Waals surface area (Å²) in [6, 6.07) is 8.47. The number of amides is 1. The molecule has 1 heterocycles. The monoisotopic (exact) mass is 306 g/mol. The highest BCUT2D eigenvalue weighted by Crippen LogP contribution is 2.31. The van der Waals surface area contributed by atoms with Gasteiger partial charge in [-0.15, -0.1) is 0 Å². The number of anilines is 1. The van der Waals surface area contributed by atoms with E-state index in [2.05, 4.69) is 31.2 Å². The van der Waals surface area contributed by atoms with Gasteiger partial charge in [-0.2, -0.15) is 0 Å². The molecule has 1 N–H and O–H groups in total. The Bertz CT molecular complexity index is 615. The lowest BCUT2D eigenvalue weighted by Crippen LogP contribution is -2.19. The summed E-state index contributed by atoms with van der Waals surface area (Å²) in [4.78, 5) is 12.1. The van der Waals surface area contributed by atoms with Crippen molar-refractivity contribution in [3.63, 3.8) is 0 Å². The van der Waals surface area contributed by atoms with Crippen molar-refractivity contribution in [1.82, 2.24) is 5.16 Å². The first kappa shape index (κ1) is 15.6. The molecule has 2 rings (SSSR count). The van der Waals surface area contributed by atoms with E-state index in [-0.39, 0.29) is 11.3 Å². The molecule has 1 aromatic carbocycles. The van der Waals surface area contributed by atoms with Gasteiger partial charge >= 0.3 is 0 Å². The zero-order valence-corrected chi connectivity index (χ0v) is 13.2. The molecule has 0 aliphatic carbocycles. The molecule has 2 aromatic rings. The Hall–Kier alpha value is -1.81. The number of hydrogen-bond acceptors (Lipinski definition) is 3. The van der Waals surface area contributed by atoms with E-state index >= 15 is 0 Å². The number of aromatic nitrogens is 1. The maximum atomic E-state index is 12.1. The van der Waals surface area contributed by atoms with Gasteiger partial charge in [0.1, 0.15) is 0 Å². The van der Waals surface area contributed by atoms with Crippen molar-refractivity contribution >= 4 is 23.4 Å². The number of nitrogens with zero attached hydrogens (tertiary/aromatic N) is 1. The van der Waals surface area contributed by atoms with Gasteiger partial charge < -0.3 is 4.52 Å². The minimum Gasteiger partial charge on any atom is -0.338 e. The van der Waals surface area contributed by atoms with Gasteiger partial charge in [0.25, 0.3) is 5.91 Å². The number of rotatable bonds is 5. The van der Waals surface area contributed by atoms with E-state index in [1.165, 1.54) is 0 Å². The second kappa shape index (κ2) is 6.31. The lowest BCUT2D eigenvalue weighted by atomic mass is 9.81. The summed E-state index contributed by atoms with van der Waals surface area (Å²) in [7, 11) is 0. The zero-order valence-electron chi connectivity index (χ0n) is 12.4. The largest absolute Gasteiger partial charge is 0.338 e. The maximum Gasteiger partial charge on any atom is 0.258 e. The molecular weight excluding hydrogens is 288 g/mol. The summed E-state index contributed by atoms with van der Waals surface area (Å²) in [6.45, 7) is 6.37. The van der Waals surface area contributed by atoms with Crippen molar-refractivity contribution in [3.8, 4) is 0 Å². The summed E-state index contributed by atoms with van der Waals surface area (Å²) in [5, 5.41) is 7.38. The van der Waals surface area contributed by atoms with Crippen LogP contribution in [0.2, 0.25) is 5.02 Å². The van der Waals surface area contributed by atoms with Crippen LogP contribution in [0.3, 0.4) is 0 Å². The number of nitrogens with one attached hydrogen (secondary N) is 1. The summed E-state index contributed by atoms with van der Waals surface area (Å²) in [6.07, 6.45) is 1.92. The first-order valence-electron chi connectivity index (χ1n) is 7.02. The fraction of sp³-hybridized carbons (Fsp3) is 0.375. The molecule has 1 amide bonds. The van der Waals surface area contributed by atoms with Gasteiger partial charge in [-0.05, 0) is 37.1 Å². The molecule has 0 unspecified atom stereocenters. The van der Waals surface area contributed by atoms with Crippen molar-refractivity contribution in [2.24, 2.45) is 0 Å². The third-order valence-corrected chi connectivity index (χ3v) is 4.28. The van der Waals surface area contributed by atoms with Crippen LogP contribution in [0.4, 0.5) is 5.88 Å². The summed E-state index contributed by atoms with van der Waals surface area (Å²) in [5.41, 5.74) is 1.34. The number of carbonyl (C=O) groups is 1. The normalized spacial score (nSPS) is 11.4. The molecule has 0 aliphatic rings. The van der Waals surface area contributed by atoms with Crippen LogP contribution in [0.25, 0.3) is 0 Å². The Morgan fingerprint density at radius 3 is 2.48 bits per heavy atom. The third kappa shape index (κ3) is 3.45. The molecule has 0 atom stereocenters. The topological polar surface area (TPSA) is 55.1 Å². The summed E-state index contributed by atoms with van der Waals surface area (Å²) >= 11 is 5.80. The second-order valence-electron chi connectivity index (χ2n) is 5.31. The molecule has 0 radical (unpaired) electrons. The lowest BCUT2D eigenvalue weighted by molar-refractivity contribution is 0.102. The molecule has 112 valence electrons. The predicted octanol–water partition coefficient (Wildman–Crippen LogP) is 4.66. The quantitative estimate of drug-likeness (QED) is 0.874. The van der Waals surface area contributed by atoms with E-state index in [1.54, 1.807) is 30.3 Å². The average Bonchev–Trinajstić information content (AvgIpc) is 2.96. The molecule has 21 heavy (non-hydrogen) atoms. The molecule has 0 saturated carbocycles. The highest BCUT2D eigenvalue weighted by Gasteiger charge is 2.26. The third-order valence-electron chi connectivity index (χ3n) is 4.03. The van der Waals surface area contributed by atoms with E-state index in [0.717, 1.165) is 18.5 Å². The Labute approximate surface area is 129 Å².